The van der Waals surface area contributed by atoms with Crippen LogP contribution in [0.2, 0.25) is 0 Å². The SMILES string of the molecule is CCCC(C#Cc1cccc(CCCN)c1)(CCC)OC. The van der Waals surface area contributed by atoms with E-state index in [1.807, 2.05) is 0 Å². The van der Waals surface area contributed by atoms with E-state index in [2.05, 4.69) is 50.0 Å². The second-order valence-electron chi connectivity index (χ2n) is 5.54. The van der Waals surface area contributed by atoms with E-state index in [9.17, 15) is 0 Å². The molecule has 116 valence electrons. The van der Waals surface area contributed by atoms with Crippen LogP contribution in [-0.4, -0.2) is 19.3 Å². The van der Waals surface area contributed by atoms with Gasteiger partial charge in [0.05, 0.1) is 0 Å². The highest BCUT2D eigenvalue weighted by Crippen LogP contribution is 2.23. The molecule has 0 bridgehead atoms. The van der Waals surface area contributed by atoms with Crippen LogP contribution in [-0.2, 0) is 11.2 Å². The van der Waals surface area contributed by atoms with Crippen LogP contribution >= 0.6 is 0 Å². The average molecular weight is 287 g/mol. The Morgan fingerprint density at radius 3 is 2.48 bits per heavy atom. The van der Waals surface area contributed by atoms with E-state index in [1.165, 1.54) is 5.56 Å². The number of hydrogen-bond donors (Lipinski definition) is 1. The van der Waals surface area contributed by atoms with Crippen molar-refractivity contribution < 1.29 is 4.74 Å². The van der Waals surface area contributed by atoms with E-state index in [4.69, 9.17) is 10.5 Å². The summed E-state index contributed by atoms with van der Waals surface area (Å²) in [5, 5.41) is 0. The first kappa shape index (κ1) is 17.8. The molecule has 1 aromatic rings. The molecule has 0 aromatic heterocycles. The number of hydrogen-bond acceptors (Lipinski definition) is 2. The molecule has 2 heteroatoms. The van der Waals surface area contributed by atoms with Gasteiger partial charge in [-0.2, -0.15) is 0 Å². The number of methoxy groups -OCH3 is 1. The summed E-state index contributed by atoms with van der Waals surface area (Å²) in [6, 6.07) is 8.45. The van der Waals surface area contributed by atoms with E-state index >= 15 is 0 Å². The molecule has 0 spiro atoms. The van der Waals surface area contributed by atoms with Gasteiger partial charge < -0.3 is 10.5 Å². The predicted molar refractivity (Wildman–Crippen MR) is 90.3 cm³/mol. The van der Waals surface area contributed by atoms with Crippen molar-refractivity contribution in [1.82, 2.24) is 0 Å². The average Bonchev–Trinajstić information content (AvgIpc) is 2.51. The Bertz CT molecular complexity index is 464. The van der Waals surface area contributed by atoms with E-state index in [0.29, 0.717) is 0 Å². The second kappa shape index (κ2) is 9.60. The fourth-order valence-electron chi connectivity index (χ4n) is 2.61. The third kappa shape index (κ3) is 5.91. The summed E-state index contributed by atoms with van der Waals surface area (Å²) in [4.78, 5) is 0. The van der Waals surface area contributed by atoms with Gasteiger partial charge >= 0.3 is 0 Å². The monoisotopic (exact) mass is 287 g/mol. The molecule has 1 aromatic carbocycles. The number of benzene rings is 1. The molecule has 1 rings (SSSR count). The molecular formula is C19H29NO. The van der Waals surface area contributed by atoms with Crippen molar-refractivity contribution >= 4 is 0 Å². The number of ether oxygens (including phenoxy) is 1. The van der Waals surface area contributed by atoms with E-state index < -0.39 is 0 Å². The Morgan fingerprint density at radius 1 is 1.19 bits per heavy atom. The molecule has 0 saturated heterocycles. The Morgan fingerprint density at radius 2 is 1.90 bits per heavy atom. The maximum Gasteiger partial charge on any atom is 0.128 e. The molecule has 0 aliphatic heterocycles. The smallest absolute Gasteiger partial charge is 0.128 e. The first-order valence-electron chi connectivity index (χ1n) is 8.07. The highest BCUT2D eigenvalue weighted by molar-refractivity contribution is 5.39. The zero-order valence-corrected chi connectivity index (χ0v) is 13.7. The number of nitrogens with two attached hydrogens (primary N) is 1. The molecule has 0 unspecified atom stereocenters. The molecule has 0 radical (unpaired) electrons. The largest absolute Gasteiger partial charge is 0.366 e. The summed E-state index contributed by atoms with van der Waals surface area (Å²) in [5.41, 5.74) is 7.65. The Balaban J connectivity index is 2.91. The van der Waals surface area contributed by atoms with E-state index in [1.54, 1.807) is 7.11 Å². The van der Waals surface area contributed by atoms with Crippen LogP contribution in [0.15, 0.2) is 24.3 Å². The van der Waals surface area contributed by atoms with E-state index in [0.717, 1.165) is 50.6 Å². The first-order chi connectivity index (χ1) is 10.2. The van der Waals surface area contributed by atoms with Crippen LogP contribution in [0.1, 0.15) is 57.1 Å². The maximum absolute atomic E-state index is 5.75. The third-order valence-electron chi connectivity index (χ3n) is 3.73. The summed E-state index contributed by atoms with van der Waals surface area (Å²) >= 11 is 0. The van der Waals surface area contributed by atoms with Gasteiger partial charge in [-0.05, 0) is 49.9 Å². The van der Waals surface area contributed by atoms with Crippen molar-refractivity contribution in [2.75, 3.05) is 13.7 Å². The molecule has 0 aliphatic rings. The van der Waals surface area contributed by atoms with Gasteiger partial charge in [-0.25, -0.2) is 0 Å². The lowest BCUT2D eigenvalue weighted by molar-refractivity contribution is 0.0252. The molecule has 0 heterocycles. The summed E-state index contributed by atoms with van der Waals surface area (Å²) in [6.07, 6.45) is 6.17. The molecule has 0 fully saturated rings. The molecule has 0 aliphatic carbocycles. The summed E-state index contributed by atoms with van der Waals surface area (Å²) < 4.78 is 5.75. The Labute approximate surface area is 130 Å². The normalized spacial score (nSPS) is 11.0. The first-order valence-corrected chi connectivity index (χ1v) is 8.07. The quantitative estimate of drug-likeness (QED) is 0.736. The summed E-state index contributed by atoms with van der Waals surface area (Å²) in [7, 11) is 1.78. The van der Waals surface area contributed by atoms with Crippen LogP contribution in [0.25, 0.3) is 0 Å². The molecule has 0 atom stereocenters. The van der Waals surface area contributed by atoms with Crippen LogP contribution in [0.4, 0.5) is 0 Å². The topological polar surface area (TPSA) is 35.2 Å². The maximum atomic E-state index is 5.75. The zero-order valence-electron chi connectivity index (χ0n) is 13.7. The molecule has 2 N–H and O–H groups in total. The van der Waals surface area contributed by atoms with Crippen molar-refractivity contribution in [3.05, 3.63) is 35.4 Å². The molecule has 0 amide bonds. The minimum Gasteiger partial charge on any atom is -0.366 e. The Kier molecular flexibility index (Phi) is 8.12. The fraction of sp³-hybridized carbons (Fsp3) is 0.579. The highest BCUT2D eigenvalue weighted by Gasteiger charge is 2.24. The fourth-order valence-corrected chi connectivity index (χ4v) is 2.61. The van der Waals surface area contributed by atoms with Crippen LogP contribution < -0.4 is 5.73 Å². The summed E-state index contributed by atoms with van der Waals surface area (Å²) in [6.45, 7) is 5.09. The molecular weight excluding hydrogens is 258 g/mol. The van der Waals surface area contributed by atoms with Crippen molar-refractivity contribution in [2.45, 2.75) is 58.0 Å². The Hall–Kier alpha value is -1.30. The van der Waals surface area contributed by atoms with E-state index in [-0.39, 0.29) is 5.60 Å². The predicted octanol–water partition coefficient (Wildman–Crippen LogP) is 3.91. The highest BCUT2D eigenvalue weighted by atomic mass is 16.5. The van der Waals surface area contributed by atoms with Gasteiger partial charge in [0, 0.05) is 12.7 Å². The minimum atomic E-state index is -0.295. The van der Waals surface area contributed by atoms with Crippen molar-refractivity contribution in [3.8, 4) is 11.8 Å². The summed E-state index contributed by atoms with van der Waals surface area (Å²) in [5.74, 6) is 6.70. The van der Waals surface area contributed by atoms with Gasteiger partial charge in [-0.15, -0.1) is 0 Å². The van der Waals surface area contributed by atoms with Gasteiger partial charge in [-0.3, -0.25) is 0 Å². The lowest BCUT2D eigenvalue weighted by Gasteiger charge is -2.26. The zero-order chi connectivity index (χ0) is 15.6. The van der Waals surface area contributed by atoms with Gasteiger partial charge in [0.15, 0.2) is 0 Å². The minimum absolute atomic E-state index is 0.295. The molecule has 2 nitrogen and oxygen atoms in total. The second-order valence-corrected chi connectivity index (χ2v) is 5.54. The van der Waals surface area contributed by atoms with Gasteiger partial charge in [-0.1, -0.05) is 50.7 Å². The van der Waals surface area contributed by atoms with Gasteiger partial charge in [0.2, 0.25) is 0 Å². The van der Waals surface area contributed by atoms with Crippen molar-refractivity contribution in [2.24, 2.45) is 5.73 Å². The molecule has 0 saturated carbocycles. The molecule has 21 heavy (non-hydrogen) atoms. The number of aryl methyl sites for hydroxylation is 1. The van der Waals surface area contributed by atoms with Gasteiger partial charge in [0.25, 0.3) is 0 Å². The van der Waals surface area contributed by atoms with Crippen LogP contribution in [0, 0.1) is 11.8 Å². The lowest BCUT2D eigenvalue weighted by atomic mass is 9.92. The third-order valence-corrected chi connectivity index (χ3v) is 3.73. The van der Waals surface area contributed by atoms with Gasteiger partial charge in [0.1, 0.15) is 5.60 Å². The lowest BCUT2D eigenvalue weighted by Crippen LogP contribution is -2.29. The van der Waals surface area contributed by atoms with Crippen LogP contribution in [0.5, 0.6) is 0 Å². The van der Waals surface area contributed by atoms with Crippen molar-refractivity contribution in [1.29, 1.82) is 0 Å². The van der Waals surface area contributed by atoms with Crippen molar-refractivity contribution in [3.63, 3.8) is 0 Å². The number of rotatable bonds is 8. The standard InChI is InChI=1S/C19H29NO/c1-4-12-19(21-3,13-5-2)14-11-18-9-6-8-17(16-18)10-7-15-20/h6,8-9,16H,4-5,7,10,12-13,15,20H2,1-3H3. The van der Waals surface area contributed by atoms with Crippen LogP contribution in [0.3, 0.4) is 0 Å².